The Morgan fingerprint density at radius 2 is 1.57 bits per heavy atom. The molecule has 0 saturated carbocycles. The third kappa shape index (κ3) is 6.10. The number of para-hydroxylation sites is 1. The number of amides is 2. The Morgan fingerprint density at radius 1 is 1.04 bits per heavy atom. The standard InChI is InChI=1S/C19H26N2O2/c1-14(17(20)22)11-12-15(2)18(23)21(13-19(3,4)5)16-9-7-6-8-10-16/h6-12H,13H2,1-5H3,(H2,20,22)/b14-11+,15-12-. The van der Waals surface area contributed by atoms with Gasteiger partial charge in [0.1, 0.15) is 0 Å². The van der Waals surface area contributed by atoms with E-state index in [1.54, 1.807) is 30.9 Å². The van der Waals surface area contributed by atoms with Crippen molar-refractivity contribution >= 4 is 17.5 Å². The van der Waals surface area contributed by atoms with Crippen LogP contribution in [0.15, 0.2) is 53.6 Å². The second-order valence-electron chi connectivity index (χ2n) is 6.85. The zero-order chi connectivity index (χ0) is 17.6. The van der Waals surface area contributed by atoms with Crippen molar-refractivity contribution in [2.24, 2.45) is 11.1 Å². The fourth-order valence-corrected chi connectivity index (χ4v) is 1.98. The average Bonchev–Trinajstić information content (AvgIpc) is 2.49. The van der Waals surface area contributed by atoms with E-state index in [0.29, 0.717) is 17.7 Å². The number of primary amides is 1. The summed E-state index contributed by atoms with van der Waals surface area (Å²) in [6.07, 6.45) is 3.22. The van der Waals surface area contributed by atoms with Crippen LogP contribution < -0.4 is 10.6 Å². The molecule has 0 saturated heterocycles. The van der Waals surface area contributed by atoms with Crippen LogP contribution in [0.25, 0.3) is 0 Å². The lowest BCUT2D eigenvalue weighted by Crippen LogP contribution is -2.38. The molecule has 0 bridgehead atoms. The second kappa shape index (κ2) is 7.77. The first-order valence-corrected chi connectivity index (χ1v) is 7.64. The minimum Gasteiger partial charge on any atom is -0.366 e. The Kier molecular flexibility index (Phi) is 6.31. The lowest BCUT2D eigenvalue weighted by atomic mass is 9.95. The Bertz CT molecular complexity index is 623. The maximum Gasteiger partial charge on any atom is 0.253 e. The quantitative estimate of drug-likeness (QED) is 0.668. The molecule has 2 amide bonds. The van der Waals surface area contributed by atoms with E-state index in [4.69, 9.17) is 5.73 Å². The summed E-state index contributed by atoms with van der Waals surface area (Å²) in [4.78, 5) is 25.6. The van der Waals surface area contributed by atoms with Gasteiger partial charge in [-0.3, -0.25) is 9.59 Å². The predicted molar refractivity (Wildman–Crippen MR) is 95.0 cm³/mol. The number of carbonyl (C=O) groups excluding carboxylic acids is 2. The highest BCUT2D eigenvalue weighted by Crippen LogP contribution is 2.23. The number of nitrogens with two attached hydrogens (primary N) is 1. The van der Waals surface area contributed by atoms with Crippen LogP contribution >= 0.6 is 0 Å². The summed E-state index contributed by atoms with van der Waals surface area (Å²) in [6.45, 7) is 10.2. The van der Waals surface area contributed by atoms with Gasteiger partial charge in [0.25, 0.3) is 5.91 Å². The molecule has 0 aliphatic carbocycles. The molecular weight excluding hydrogens is 288 g/mol. The first-order valence-electron chi connectivity index (χ1n) is 7.64. The summed E-state index contributed by atoms with van der Waals surface area (Å²) < 4.78 is 0. The van der Waals surface area contributed by atoms with Crippen molar-refractivity contribution in [3.05, 3.63) is 53.6 Å². The molecular formula is C19H26N2O2. The number of anilines is 1. The topological polar surface area (TPSA) is 63.4 Å². The average molecular weight is 314 g/mol. The van der Waals surface area contributed by atoms with Gasteiger partial charge in [0.15, 0.2) is 0 Å². The molecule has 0 atom stereocenters. The monoisotopic (exact) mass is 314 g/mol. The molecule has 4 nitrogen and oxygen atoms in total. The van der Waals surface area contributed by atoms with Gasteiger partial charge < -0.3 is 10.6 Å². The van der Waals surface area contributed by atoms with Crippen LogP contribution in [-0.2, 0) is 9.59 Å². The normalized spacial score (nSPS) is 12.9. The van der Waals surface area contributed by atoms with E-state index in [9.17, 15) is 9.59 Å². The zero-order valence-electron chi connectivity index (χ0n) is 14.6. The number of rotatable bonds is 5. The van der Waals surface area contributed by atoms with Crippen molar-refractivity contribution in [3.63, 3.8) is 0 Å². The summed E-state index contributed by atoms with van der Waals surface area (Å²) >= 11 is 0. The van der Waals surface area contributed by atoms with Gasteiger partial charge >= 0.3 is 0 Å². The molecule has 23 heavy (non-hydrogen) atoms. The van der Waals surface area contributed by atoms with Crippen LogP contribution in [0.4, 0.5) is 5.69 Å². The van der Waals surface area contributed by atoms with Crippen LogP contribution in [0.1, 0.15) is 34.6 Å². The molecule has 0 aromatic heterocycles. The van der Waals surface area contributed by atoms with E-state index in [0.717, 1.165) is 5.69 Å². The molecule has 0 unspecified atom stereocenters. The van der Waals surface area contributed by atoms with Crippen molar-refractivity contribution in [1.29, 1.82) is 0 Å². The second-order valence-corrected chi connectivity index (χ2v) is 6.85. The fourth-order valence-electron chi connectivity index (χ4n) is 1.98. The first kappa shape index (κ1) is 18.7. The Hall–Kier alpha value is -2.36. The van der Waals surface area contributed by atoms with Gasteiger partial charge in [-0.15, -0.1) is 0 Å². The van der Waals surface area contributed by atoms with Crippen LogP contribution in [0.3, 0.4) is 0 Å². The Labute approximate surface area is 138 Å². The van der Waals surface area contributed by atoms with Crippen LogP contribution in [0.5, 0.6) is 0 Å². The highest BCUT2D eigenvalue weighted by molar-refractivity contribution is 6.05. The van der Waals surface area contributed by atoms with Crippen LogP contribution in [0, 0.1) is 5.41 Å². The third-order valence-electron chi connectivity index (χ3n) is 3.25. The molecule has 0 spiro atoms. The van der Waals surface area contributed by atoms with Crippen molar-refractivity contribution in [2.45, 2.75) is 34.6 Å². The SMILES string of the molecule is C/C(=C/C=C(\C)C(N)=O)C(=O)N(CC(C)(C)C)c1ccccc1. The van der Waals surface area contributed by atoms with Crippen molar-refractivity contribution in [2.75, 3.05) is 11.4 Å². The van der Waals surface area contributed by atoms with Gasteiger partial charge in [0.05, 0.1) is 0 Å². The van der Waals surface area contributed by atoms with E-state index < -0.39 is 5.91 Å². The maximum atomic E-state index is 12.8. The third-order valence-corrected chi connectivity index (χ3v) is 3.25. The number of allylic oxidation sites excluding steroid dienone is 2. The summed E-state index contributed by atoms with van der Waals surface area (Å²) in [6, 6.07) is 9.58. The summed E-state index contributed by atoms with van der Waals surface area (Å²) in [5.41, 5.74) is 6.99. The van der Waals surface area contributed by atoms with Gasteiger partial charge in [-0.25, -0.2) is 0 Å². The summed E-state index contributed by atoms with van der Waals surface area (Å²) in [5, 5.41) is 0. The van der Waals surface area contributed by atoms with Gasteiger partial charge in [0, 0.05) is 23.4 Å². The number of carbonyl (C=O) groups is 2. The minimum absolute atomic E-state index is 0.0369. The molecule has 4 heteroatoms. The van der Waals surface area contributed by atoms with Gasteiger partial charge in [-0.05, 0) is 31.4 Å². The minimum atomic E-state index is -0.490. The molecule has 0 radical (unpaired) electrons. The lowest BCUT2D eigenvalue weighted by molar-refractivity contribution is -0.115. The summed E-state index contributed by atoms with van der Waals surface area (Å²) in [7, 11) is 0. The van der Waals surface area contributed by atoms with E-state index in [1.807, 2.05) is 30.3 Å². The van der Waals surface area contributed by atoms with Gasteiger partial charge in [0.2, 0.25) is 5.91 Å². The first-order chi connectivity index (χ1) is 10.6. The molecule has 0 aliphatic rings. The number of hydrogen-bond donors (Lipinski definition) is 1. The molecule has 124 valence electrons. The zero-order valence-corrected chi connectivity index (χ0v) is 14.6. The van der Waals surface area contributed by atoms with Crippen LogP contribution in [0.2, 0.25) is 0 Å². The van der Waals surface area contributed by atoms with Crippen molar-refractivity contribution in [1.82, 2.24) is 0 Å². The van der Waals surface area contributed by atoms with Gasteiger partial charge in [-0.2, -0.15) is 0 Å². The largest absolute Gasteiger partial charge is 0.366 e. The number of benzene rings is 1. The van der Waals surface area contributed by atoms with Crippen molar-refractivity contribution < 1.29 is 9.59 Å². The van der Waals surface area contributed by atoms with Crippen LogP contribution in [-0.4, -0.2) is 18.4 Å². The number of hydrogen-bond acceptors (Lipinski definition) is 2. The predicted octanol–water partition coefficient (Wildman–Crippen LogP) is 3.44. The smallest absolute Gasteiger partial charge is 0.253 e. The Morgan fingerprint density at radius 3 is 2.04 bits per heavy atom. The molecule has 1 aromatic carbocycles. The number of nitrogens with zero attached hydrogens (tertiary/aromatic N) is 1. The molecule has 0 heterocycles. The summed E-state index contributed by atoms with van der Waals surface area (Å²) in [5.74, 6) is -0.573. The van der Waals surface area contributed by atoms with E-state index in [-0.39, 0.29) is 11.3 Å². The van der Waals surface area contributed by atoms with Crippen molar-refractivity contribution in [3.8, 4) is 0 Å². The molecule has 2 N–H and O–H groups in total. The molecule has 0 fully saturated rings. The maximum absolute atomic E-state index is 12.8. The van der Waals surface area contributed by atoms with Gasteiger partial charge in [-0.1, -0.05) is 51.1 Å². The van der Waals surface area contributed by atoms with E-state index >= 15 is 0 Å². The highest BCUT2D eigenvalue weighted by Gasteiger charge is 2.23. The molecule has 1 rings (SSSR count). The van der Waals surface area contributed by atoms with E-state index in [2.05, 4.69) is 20.8 Å². The highest BCUT2D eigenvalue weighted by atomic mass is 16.2. The fraction of sp³-hybridized carbons (Fsp3) is 0.368. The Balaban J connectivity index is 3.12. The molecule has 0 aliphatic heterocycles. The molecule has 1 aromatic rings. The lowest BCUT2D eigenvalue weighted by Gasteiger charge is -2.30. The van der Waals surface area contributed by atoms with E-state index in [1.165, 1.54) is 0 Å².